The number of hydrogen-bond donors (Lipinski definition) is 1. The second-order valence-electron chi connectivity index (χ2n) is 4.69. The highest BCUT2D eigenvalue weighted by atomic mass is 15.2. The van der Waals surface area contributed by atoms with Crippen LogP contribution in [0.15, 0.2) is 36.5 Å². The third-order valence-electron chi connectivity index (χ3n) is 3.45. The van der Waals surface area contributed by atoms with E-state index >= 15 is 0 Å². The number of nitrogens with zero attached hydrogens (tertiary/aromatic N) is 2. The predicted octanol–water partition coefficient (Wildman–Crippen LogP) is 2.62. The molecule has 1 unspecified atom stereocenters. The van der Waals surface area contributed by atoms with Gasteiger partial charge in [-0.3, -0.25) is 4.68 Å². The lowest BCUT2D eigenvalue weighted by Crippen LogP contribution is -2.12. The van der Waals surface area contributed by atoms with Crippen molar-refractivity contribution in [1.29, 1.82) is 0 Å². The summed E-state index contributed by atoms with van der Waals surface area (Å²) in [4.78, 5) is 0. The van der Waals surface area contributed by atoms with Crippen molar-refractivity contribution in [2.75, 3.05) is 0 Å². The average Bonchev–Trinajstić information content (AvgIpc) is 2.81. The van der Waals surface area contributed by atoms with Crippen molar-refractivity contribution < 1.29 is 0 Å². The van der Waals surface area contributed by atoms with Gasteiger partial charge in [-0.05, 0) is 36.5 Å². The molecule has 0 spiro atoms. The Labute approximate surface area is 109 Å². The van der Waals surface area contributed by atoms with E-state index in [4.69, 9.17) is 5.73 Å². The molecule has 0 saturated heterocycles. The third-order valence-corrected chi connectivity index (χ3v) is 3.45. The predicted molar refractivity (Wildman–Crippen MR) is 74.3 cm³/mol. The molecule has 1 aromatic heterocycles. The van der Waals surface area contributed by atoms with Gasteiger partial charge in [-0.1, -0.05) is 31.2 Å². The number of hydrogen-bond acceptors (Lipinski definition) is 2. The molecule has 0 saturated carbocycles. The minimum absolute atomic E-state index is 0.103. The van der Waals surface area contributed by atoms with Crippen molar-refractivity contribution in [2.45, 2.75) is 32.2 Å². The molecule has 18 heavy (non-hydrogen) atoms. The van der Waals surface area contributed by atoms with Crippen molar-refractivity contribution in [3.8, 4) is 0 Å². The Hall–Kier alpha value is -1.61. The zero-order valence-corrected chi connectivity index (χ0v) is 11.1. The number of aromatic nitrogens is 2. The molecule has 1 heterocycles. The van der Waals surface area contributed by atoms with E-state index in [2.05, 4.69) is 36.3 Å². The van der Waals surface area contributed by atoms with Gasteiger partial charge in [0.05, 0.1) is 0 Å². The molecule has 0 aliphatic heterocycles. The minimum Gasteiger partial charge on any atom is -0.324 e. The molecule has 2 N–H and O–H groups in total. The van der Waals surface area contributed by atoms with Crippen LogP contribution in [0.25, 0.3) is 0 Å². The van der Waals surface area contributed by atoms with E-state index in [1.807, 2.05) is 24.0 Å². The lowest BCUT2D eigenvalue weighted by atomic mass is 10.00. The molecule has 1 atom stereocenters. The van der Waals surface area contributed by atoms with E-state index in [1.54, 1.807) is 0 Å². The fraction of sp³-hybridized carbons (Fsp3) is 0.400. The molecule has 0 aliphatic carbocycles. The number of benzene rings is 1. The fourth-order valence-electron chi connectivity index (χ4n) is 2.12. The first-order valence-corrected chi connectivity index (χ1v) is 6.52. The van der Waals surface area contributed by atoms with E-state index in [9.17, 15) is 0 Å². The maximum absolute atomic E-state index is 6.22. The van der Waals surface area contributed by atoms with Crippen molar-refractivity contribution in [3.05, 3.63) is 53.3 Å². The van der Waals surface area contributed by atoms with Gasteiger partial charge in [0.2, 0.25) is 0 Å². The molecule has 0 fully saturated rings. The van der Waals surface area contributed by atoms with Gasteiger partial charge in [0.1, 0.15) is 0 Å². The molecule has 96 valence electrons. The summed E-state index contributed by atoms with van der Waals surface area (Å²) in [6.45, 7) is 2.16. The first-order chi connectivity index (χ1) is 8.70. The number of nitrogens with two attached hydrogens (primary N) is 1. The second kappa shape index (κ2) is 5.83. The molecule has 0 aliphatic rings. The first-order valence-electron chi connectivity index (χ1n) is 6.52. The molecule has 0 bridgehead atoms. The normalized spacial score (nSPS) is 12.6. The Morgan fingerprint density at radius 1 is 1.22 bits per heavy atom. The topological polar surface area (TPSA) is 43.8 Å². The summed E-state index contributed by atoms with van der Waals surface area (Å²) >= 11 is 0. The molecule has 1 aromatic carbocycles. The molecular formula is C15H21N3. The first kappa shape index (κ1) is 12.8. The molecule has 3 nitrogen and oxygen atoms in total. The van der Waals surface area contributed by atoms with Crippen LogP contribution < -0.4 is 5.73 Å². The van der Waals surface area contributed by atoms with Gasteiger partial charge in [0, 0.05) is 25.0 Å². The van der Waals surface area contributed by atoms with E-state index in [1.165, 1.54) is 16.8 Å². The Balaban J connectivity index is 1.94. The smallest absolute Gasteiger partial charge is 0.0492 e. The summed E-state index contributed by atoms with van der Waals surface area (Å²) in [7, 11) is 1.97. The molecule has 2 aromatic rings. The highest BCUT2D eigenvalue weighted by Crippen LogP contribution is 2.17. The van der Waals surface area contributed by atoms with Crippen LogP contribution in [0.3, 0.4) is 0 Å². The zero-order valence-electron chi connectivity index (χ0n) is 11.1. The van der Waals surface area contributed by atoms with Crippen LogP contribution >= 0.6 is 0 Å². The summed E-state index contributed by atoms with van der Waals surface area (Å²) in [6.07, 6.45) is 4.82. The number of rotatable bonds is 5. The quantitative estimate of drug-likeness (QED) is 0.877. The average molecular weight is 243 g/mol. The van der Waals surface area contributed by atoms with E-state index in [-0.39, 0.29) is 6.04 Å². The van der Waals surface area contributed by atoms with Crippen molar-refractivity contribution in [2.24, 2.45) is 12.8 Å². The van der Waals surface area contributed by atoms with Crippen molar-refractivity contribution in [3.63, 3.8) is 0 Å². The van der Waals surface area contributed by atoms with Crippen LogP contribution in [-0.4, -0.2) is 9.78 Å². The molecular weight excluding hydrogens is 222 g/mol. The minimum atomic E-state index is 0.103. The van der Waals surface area contributed by atoms with Gasteiger partial charge in [0.25, 0.3) is 0 Å². The molecule has 0 amide bonds. The van der Waals surface area contributed by atoms with Crippen molar-refractivity contribution in [1.82, 2.24) is 9.78 Å². The van der Waals surface area contributed by atoms with E-state index in [0.29, 0.717) is 0 Å². The third kappa shape index (κ3) is 2.99. The second-order valence-corrected chi connectivity index (χ2v) is 4.69. The number of aryl methyl sites for hydroxylation is 3. The largest absolute Gasteiger partial charge is 0.324 e. The molecule has 0 radical (unpaired) electrons. The molecule has 2 rings (SSSR count). The highest BCUT2D eigenvalue weighted by Gasteiger charge is 2.07. The zero-order chi connectivity index (χ0) is 13.0. The summed E-state index contributed by atoms with van der Waals surface area (Å²) in [6, 6.07) is 10.8. The Morgan fingerprint density at radius 3 is 2.50 bits per heavy atom. The SMILES string of the molecule is CCc1ccc(C(N)CCc2ccnn2C)cc1. The van der Waals surface area contributed by atoms with Crippen LogP contribution in [0.2, 0.25) is 0 Å². The molecule has 3 heteroatoms. The van der Waals surface area contributed by atoms with Crippen LogP contribution in [0.1, 0.15) is 36.2 Å². The summed E-state index contributed by atoms with van der Waals surface area (Å²) in [5, 5.41) is 4.17. The van der Waals surface area contributed by atoms with Crippen molar-refractivity contribution >= 4 is 0 Å². The lowest BCUT2D eigenvalue weighted by Gasteiger charge is -2.12. The monoisotopic (exact) mass is 243 g/mol. The standard InChI is InChI=1S/C15H21N3/c1-3-12-4-6-13(7-5-12)15(16)9-8-14-10-11-17-18(14)2/h4-7,10-11,15H,3,8-9,16H2,1-2H3. The van der Waals surface area contributed by atoms with Crippen LogP contribution in [0, 0.1) is 0 Å². The summed E-state index contributed by atoms with van der Waals surface area (Å²) in [5.74, 6) is 0. The summed E-state index contributed by atoms with van der Waals surface area (Å²) < 4.78 is 1.91. The van der Waals surface area contributed by atoms with Gasteiger partial charge in [-0.15, -0.1) is 0 Å². The fourth-order valence-corrected chi connectivity index (χ4v) is 2.12. The van der Waals surface area contributed by atoms with Gasteiger partial charge in [-0.2, -0.15) is 5.10 Å². The van der Waals surface area contributed by atoms with Gasteiger partial charge >= 0.3 is 0 Å². The van der Waals surface area contributed by atoms with Crippen LogP contribution in [0.5, 0.6) is 0 Å². The Bertz CT molecular complexity index is 485. The van der Waals surface area contributed by atoms with Gasteiger partial charge < -0.3 is 5.73 Å². The van der Waals surface area contributed by atoms with Gasteiger partial charge in [0.15, 0.2) is 0 Å². The van der Waals surface area contributed by atoms with Crippen LogP contribution in [-0.2, 0) is 19.9 Å². The summed E-state index contributed by atoms with van der Waals surface area (Å²) in [5.41, 5.74) is 10.0. The Kier molecular flexibility index (Phi) is 4.15. The lowest BCUT2D eigenvalue weighted by molar-refractivity contribution is 0.614. The highest BCUT2D eigenvalue weighted by molar-refractivity contribution is 5.24. The maximum Gasteiger partial charge on any atom is 0.0492 e. The van der Waals surface area contributed by atoms with E-state index in [0.717, 1.165) is 19.3 Å². The van der Waals surface area contributed by atoms with Crippen LogP contribution in [0.4, 0.5) is 0 Å². The maximum atomic E-state index is 6.22. The van der Waals surface area contributed by atoms with Gasteiger partial charge in [-0.25, -0.2) is 0 Å². The van der Waals surface area contributed by atoms with E-state index < -0.39 is 0 Å². The Morgan fingerprint density at radius 2 is 1.94 bits per heavy atom.